The van der Waals surface area contributed by atoms with E-state index < -0.39 is 6.36 Å². The predicted molar refractivity (Wildman–Crippen MR) is 92.8 cm³/mol. The Kier molecular flexibility index (Phi) is 3.79. The van der Waals surface area contributed by atoms with Crippen LogP contribution in [0.4, 0.5) is 13.2 Å². The number of H-pyrrole nitrogens is 1. The van der Waals surface area contributed by atoms with Crippen molar-refractivity contribution < 1.29 is 17.9 Å². The predicted octanol–water partition coefficient (Wildman–Crippen LogP) is 3.62. The molecule has 4 aromatic rings. The fourth-order valence-corrected chi connectivity index (χ4v) is 2.93. The first-order valence-electron chi connectivity index (χ1n) is 7.90. The van der Waals surface area contributed by atoms with Crippen molar-refractivity contribution in [3.8, 4) is 22.6 Å². The number of pyridine rings is 1. The molecular formula is C18H13F3N4O2. The van der Waals surface area contributed by atoms with Crippen molar-refractivity contribution in [2.45, 2.75) is 6.36 Å². The second-order valence-corrected chi connectivity index (χ2v) is 5.93. The van der Waals surface area contributed by atoms with Gasteiger partial charge in [-0.3, -0.25) is 14.0 Å². The van der Waals surface area contributed by atoms with Gasteiger partial charge < -0.3 is 9.72 Å². The van der Waals surface area contributed by atoms with E-state index in [1.54, 1.807) is 36.4 Å². The third-order valence-corrected chi connectivity index (χ3v) is 4.09. The molecule has 3 heterocycles. The van der Waals surface area contributed by atoms with Gasteiger partial charge in [0.2, 0.25) is 0 Å². The van der Waals surface area contributed by atoms with E-state index in [1.807, 2.05) is 6.20 Å². The van der Waals surface area contributed by atoms with E-state index in [1.165, 1.54) is 28.8 Å². The van der Waals surface area contributed by atoms with Gasteiger partial charge in [0.05, 0.1) is 17.1 Å². The van der Waals surface area contributed by atoms with Crippen LogP contribution in [0.2, 0.25) is 0 Å². The number of hydrogen-bond donors (Lipinski definition) is 1. The van der Waals surface area contributed by atoms with Gasteiger partial charge in [0, 0.05) is 42.5 Å². The van der Waals surface area contributed by atoms with E-state index in [0.29, 0.717) is 16.6 Å². The average Bonchev–Trinajstić information content (AvgIpc) is 3.24. The first-order chi connectivity index (χ1) is 12.8. The van der Waals surface area contributed by atoms with Crippen LogP contribution < -0.4 is 10.3 Å². The highest BCUT2D eigenvalue weighted by Gasteiger charge is 2.31. The lowest BCUT2D eigenvalue weighted by molar-refractivity contribution is -0.274. The van der Waals surface area contributed by atoms with E-state index in [2.05, 4.69) is 14.8 Å². The van der Waals surface area contributed by atoms with Crippen LogP contribution in [0.15, 0.2) is 59.9 Å². The average molecular weight is 374 g/mol. The summed E-state index contributed by atoms with van der Waals surface area (Å²) in [5.41, 5.74) is 2.35. The molecule has 3 aromatic heterocycles. The molecule has 27 heavy (non-hydrogen) atoms. The minimum absolute atomic E-state index is 0.289. The Morgan fingerprint density at radius 1 is 1.11 bits per heavy atom. The molecule has 138 valence electrons. The van der Waals surface area contributed by atoms with Gasteiger partial charge in [-0.1, -0.05) is 0 Å². The highest BCUT2D eigenvalue weighted by molar-refractivity contribution is 5.93. The summed E-state index contributed by atoms with van der Waals surface area (Å²) in [7, 11) is 1.78. The van der Waals surface area contributed by atoms with Gasteiger partial charge >= 0.3 is 6.36 Å². The van der Waals surface area contributed by atoms with E-state index in [-0.39, 0.29) is 11.3 Å². The van der Waals surface area contributed by atoms with E-state index in [9.17, 15) is 18.0 Å². The van der Waals surface area contributed by atoms with Crippen molar-refractivity contribution in [1.29, 1.82) is 0 Å². The molecule has 1 N–H and O–H groups in total. The van der Waals surface area contributed by atoms with Crippen LogP contribution in [0.25, 0.3) is 27.7 Å². The van der Waals surface area contributed by atoms with Crippen LogP contribution in [0, 0.1) is 0 Å². The van der Waals surface area contributed by atoms with Crippen LogP contribution in [0.1, 0.15) is 0 Å². The first kappa shape index (κ1) is 17.0. The number of benzene rings is 1. The van der Waals surface area contributed by atoms with Crippen molar-refractivity contribution in [2.75, 3.05) is 0 Å². The SMILES string of the molecule is Cn1cc(-c2cn(-c3ccc(OC(F)(F)F)cc3)c(=O)c3cc[nH]c23)cn1. The molecule has 0 spiro atoms. The topological polar surface area (TPSA) is 64.8 Å². The van der Waals surface area contributed by atoms with Crippen molar-refractivity contribution in [2.24, 2.45) is 7.05 Å². The molecule has 6 nitrogen and oxygen atoms in total. The maximum Gasteiger partial charge on any atom is 0.573 e. The van der Waals surface area contributed by atoms with E-state index in [0.717, 1.165) is 11.1 Å². The molecular weight excluding hydrogens is 361 g/mol. The Morgan fingerprint density at radius 2 is 1.85 bits per heavy atom. The first-order valence-corrected chi connectivity index (χ1v) is 7.90. The second kappa shape index (κ2) is 6.04. The van der Waals surface area contributed by atoms with Crippen LogP contribution in [0.5, 0.6) is 5.75 Å². The largest absolute Gasteiger partial charge is 0.573 e. The fraction of sp³-hybridized carbons (Fsp3) is 0.111. The number of fused-ring (bicyclic) bond motifs is 1. The summed E-state index contributed by atoms with van der Waals surface area (Å²) in [5.74, 6) is -0.352. The fourth-order valence-electron chi connectivity index (χ4n) is 2.93. The molecule has 0 fully saturated rings. The van der Waals surface area contributed by atoms with Crippen LogP contribution in [-0.4, -0.2) is 25.7 Å². The Hall–Kier alpha value is -3.49. The Bertz CT molecular complexity index is 1170. The molecule has 0 aliphatic rings. The van der Waals surface area contributed by atoms with Gasteiger partial charge in [-0.15, -0.1) is 13.2 Å². The number of rotatable bonds is 3. The van der Waals surface area contributed by atoms with Crippen molar-refractivity contribution in [3.05, 3.63) is 65.5 Å². The molecule has 1 aromatic carbocycles. The monoisotopic (exact) mass is 374 g/mol. The number of aromatic amines is 1. The summed E-state index contributed by atoms with van der Waals surface area (Å²) in [6.07, 6.45) is 2.01. The molecule has 9 heteroatoms. The molecule has 0 radical (unpaired) electrons. The third-order valence-electron chi connectivity index (χ3n) is 4.09. The molecule has 0 aliphatic carbocycles. The molecule has 4 rings (SSSR count). The number of hydrogen-bond acceptors (Lipinski definition) is 3. The molecule has 0 unspecified atom stereocenters. The number of nitrogens with zero attached hydrogens (tertiary/aromatic N) is 3. The highest BCUT2D eigenvalue weighted by atomic mass is 19.4. The van der Waals surface area contributed by atoms with E-state index >= 15 is 0 Å². The standard InChI is InChI=1S/C18H13F3N4O2/c1-24-9-11(8-23-24)15-10-25(17(26)14-6-7-22-16(14)15)12-2-4-13(5-3-12)27-18(19,20)21/h2-10,22H,1H3. The van der Waals surface area contributed by atoms with Crippen molar-refractivity contribution in [3.63, 3.8) is 0 Å². The van der Waals surface area contributed by atoms with Crippen LogP contribution in [-0.2, 0) is 7.05 Å². The maximum atomic E-state index is 12.8. The van der Waals surface area contributed by atoms with Gasteiger partial charge in [0.1, 0.15) is 5.75 Å². The smallest absolute Gasteiger partial charge is 0.406 e. The summed E-state index contributed by atoms with van der Waals surface area (Å²) in [5, 5.41) is 4.61. The van der Waals surface area contributed by atoms with Crippen molar-refractivity contribution >= 4 is 10.9 Å². The highest BCUT2D eigenvalue weighted by Crippen LogP contribution is 2.27. The van der Waals surface area contributed by atoms with Gasteiger partial charge in [0.25, 0.3) is 5.56 Å². The Balaban J connectivity index is 1.85. The lowest BCUT2D eigenvalue weighted by atomic mass is 10.1. The molecule has 0 bridgehead atoms. The maximum absolute atomic E-state index is 12.8. The normalized spacial score (nSPS) is 11.9. The van der Waals surface area contributed by atoms with Gasteiger partial charge in [-0.05, 0) is 30.3 Å². The summed E-state index contributed by atoms with van der Waals surface area (Å²) >= 11 is 0. The Morgan fingerprint density at radius 3 is 2.48 bits per heavy atom. The van der Waals surface area contributed by atoms with Gasteiger partial charge in [-0.2, -0.15) is 5.10 Å². The van der Waals surface area contributed by atoms with Crippen LogP contribution >= 0.6 is 0 Å². The van der Waals surface area contributed by atoms with Gasteiger partial charge in [-0.25, -0.2) is 0 Å². The zero-order valence-electron chi connectivity index (χ0n) is 14.0. The zero-order valence-corrected chi connectivity index (χ0v) is 14.0. The molecule has 0 saturated heterocycles. The number of aryl methyl sites for hydroxylation is 1. The lowest BCUT2D eigenvalue weighted by Gasteiger charge is -2.12. The van der Waals surface area contributed by atoms with Crippen LogP contribution in [0.3, 0.4) is 0 Å². The summed E-state index contributed by atoms with van der Waals surface area (Å²) < 4.78 is 43.9. The molecule has 0 atom stereocenters. The summed E-state index contributed by atoms with van der Waals surface area (Å²) in [6.45, 7) is 0. The Labute approximate surface area is 150 Å². The summed E-state index contributed by atoms with van der Waals surface area (Å²) in [4.78, 5) is 15.9. The lowest BCUT2D eigenvalue weighted by Crippen LogP contribution is -2.19. The number of ether oxygens (including phenoxy) is 1. The quantitative estimate of drug-likeness (QED) is 0.596. The van der Waals surface area contributed by atoms with Crippen molar-refractivity contribution in [1.82, 2.24) is 19.3 Å². The minimum atomic E-state index is -4.77. The minimum Gasteiger partial charge on any atom is -0.406 e. The number of halogens is 3. The molecule has 0 amide bonds. The number of nitrogens with one attached hydrogen (secondary N) is 1. The molecule has 0 aliphatic heterocycles. The van der Waals surface area contributed by atoms with E-state index in [4.69, 9.17) is 0 Å². The second-order valence-electron chi connectivity index (χ2n) is 5.93. The number of aromatic nitrogens is 4. The number of alkyl halides is 3. The van der Waals surface area contributed by atoms with Gasteiger partial charge in [0.15, 0.2) is 0 Å². The molecule has 0 saturated carbocycles. The zero-order chi connectivity index (χ0) is 19.2. The summed E-state index contributed by atoms with van der Waals surface area (Å²) in [6, 6.07) is 6.79. The third kappa shape index (κ3) is 3.19.